The fourth-order valence-electron chi connectivity index (χ4n) is 4.05. The number of piperazine rings is 1. The van der Waals surface area contributed by atoms with Gasteiger partial charge in [-0.05, 0) is 36.1 Å². The zero-order valence-corrected chi connectivity index (χ0v) is 15.9. The van der Waals surface area contributed by atoms with Crippen LogP contribution in [0.5, 0.6) is 0 Å². The van der Waals surface area contributed by atoms with Crippen molar-refractivity contribution in [3.05, 3.63) is 48.2 Å². The van der Waals surface area contributed by atoms with Crippen molar-refractivity contribution in [2.24, 2.45) is 0 Å². The molecule has 5 heteroatoms. The van der Waals surface area contributed by atoms with Gasteiger partial charge < -0.3 is 15.7 Å². The average molecular weight is 367 g/mol. The molecule has 27 heavy (non-hydrogen) atoms. The van der Waals surface area contributed by atoms with Gasteiger partial charge in [-0.15, -0.1) is 0 Å². The number of rotatable bonds is 5. The Balaban J connectivity index is 1.36. The first-order chi connectivity index (χ1) is 13.3. The van der Waals surface area contributed by atoms with E-state index in [0.717, 1.165) is 63.4 Å². The van der Waals surface area contributed by atoms with Crippen LogP contribution in [-0.2, 0) is 6.54 Å². The van der Waals surface area contributed by atoms with Gasteiger partial charge in [0.2, 0.25) is 0 Å². The second-order valence-corrected chi connectivity index (χ2v) is 7.76. The first-order valence-electron chi connectivity index (χ1n) is 10.2. The van der Waals surface area contributed by atoms with Gasteiger partial charge in [-0.25, -0.2) is 4.98 Å². The topological polar surface area (TPSA) is 60.4 Å². The van der Waals surface area contributed by atoms with E-state index in [1.54, 1.807) is 0 Å². The summed E-state index contributed by atoms with van der Waals surface area (Å²) in [6.45, 7) is 5.43. The highest BCUT2D eigenvalue weighted by atomic mass is 16.3. The summed E-state index contributed by atoms with van der Waals surface area (Å²) >= 11 is 0. The third kappa shape index (κ3) is 4.86. The van der Waals surface area contributed by atoms with Crippen molar-refractivity contribution in [1.82, 2.24) is 15.2 Å². The Bertz CT molecular complexity index is 710. The van der Waals surface area contributed by atoms with Gasteiger partial charge in [0.05, 0.1) is 12.1 Å². The van der Waals surface area contributed by atoms with Crippen LogP contribution in [0.3, 0.4) is 0 Å². The third-order valence-corrected chi connectivity index (χ3v) is 5.73. The molecule has 5 nitrogen and oxygen atoms in total. The normalized spacial score (nSPS) is 23.9. The highest BCUT2D eigenvalue weighted by Crippen LogP contribution is 2.24. The smallest absolute Gasteiger partial charge is 0.126 e. The molecular weight excluding hydrogens is 336 g/mol. The van der Waals surface area contributed by atoms with Crippen LogP contribution in [-0.4, -0.2) is 53.3 Å². The number of pyridine rings is 1. The molecular formula is C22H30N4O. The molecule has 0 amide bonds. The van der Waals surface area contributed by atoms with Crippen LogP contribution in [0.15, 0.2) is 42.6 Å². The maximum atomic E-state index is 10.1. The van der Waals surface area contributed by atoms with Gasteiger partial charge in [0.25, 0.3) is 0 Å². The Labute approximate surface area is 161 Å². The fourth-order valence-corrected chi connectivity index (χ4v) is 4.05. The van der Waals surface area contributed by atoms with E-state index in [2.05, 4.69) is 50.8 Å². The quantitative estimate of drug-likeness (QED) is 0.760. The van der Waals surface area contributed by atoms with Crippen LogP contribution in [0, 0.1) is 0 Å². The van der Waals surface area contributed by atoms with Crippen molar-refractivity contribution in [2.75, 3.05) is 31.5 Å². The molecule has 1 saturated carbocycles. The minimum atomic E-state index is -0.261. The molecule has 2 aromatic rings. The van der Waals surface area contributed by atoms with E-state index in [0.29, 0.717) is 0 Å². The fraction of sp³-hybridized carbons (Fsp3) is 0.500. The highest BCUT2D eigenvalue weighted by molar-refractivity contribution is 5.64. The molecule has 2 aliphatic rings. The van der Waals surface area contributed by atoms with Crippen LogP contribution in [0.1, 0.15) is 31.2 Å². The third-order valence-electron chi connectivity index (χ3n) is 5.73. The molecule has 1 aromatic heterocycles. The first kappa shape index (κ1) is 18.4. The molecule has 144 valence electrons. The van der Waals surface area contributed by atoms with Gasteiger partial charge in [0, 0.05) is 44.5 Å². The Morgan fingerprint density at radius 2 is 1.74 bits per heavy atom. The van der Waals surface area contributed by atoms with Crippen LogP contribution >= 0.6 is 0 Å². The molecule has 4 rings (SSSR count). The molecule has 1 aliphatic carbocycles. The van der Waals surface area contributed by atoms with E-state index >= 15 is 0 Å². The lowest BCUT2D eigenvalue weighted by atomic mass is 9.92. The molecule has 0 bridgehead atoms. The molecule has 1 aromatic carbocycles. The van der Waals surface area contributed by atoms with Gasteiger partial charge >= 0.3 is 0 Å². The Morgan fingerprint density at radius 1 is 1.00 bits per heavy atom. The van der Waals surface area contributed by atoms with E-state index in [1.165, 1.54) is 17.5 Å². The van der Waals surface area contributed by atoms with Gasteiger partial charge in [-0.1, -0.05) is 37.1 Å². The molecule has 3 N–H and O–H groups in total. The minimum Gasteiger partial charge on any atom is -0.391 e. The van der Waals surface area contributed by atoms with Crippen molar-refractivity contribution in [2.45, 2.75) is 44.4 Å². The molecule has 1 saturated heterocycles. The second kappa shape index (κ2) is 8.83. The van der Waals surface area contributed by atoms with Gasteiger partial charge in [-0.3, -0.25) is 4.90 Å². The molecule has 2 heterocycles. The van der Waals surface area contributed by atoms with Crippen molar-refractivity contribution >= 4 is 5.82 Å². The zero-order chi connectivity index (χ0) is 18.5. The van der Waals surface area contributed by atoms with Crippen molar-refractivity contribution in [3.8, 4) is 11.1 Å². The molecule has 0 spiro atoms. The number of hydrogen-bond donors (Lipinski definition) is 3. The van der Waals surface area contributed by atoms with Crippen LogP contribution in [0.2, 0.25) is 0 Å². The van der Waals surface area contributed by atoms with Crippen molar-refractivity contribution in [1.29, 1.82) is 0 Å². The predicted octanol–water partition coefficient (Wildman–Crippen LogP) is 2.87. The van der Waals surface area contributed by atoms with E-state index in [1.807, 2.05) is 12.3 Å². The number of aliphatic hydroxyl groups excluding tert-OH is 1. The first-order valence-corrected chi connectivity index (χ1v) is 10.2. The minimum absolute atomic E-state index is 0.126. The number of hydrogen-bond acceptors (Lipinski definition) is 5. The summed E-state index contributed by atoms with van der Waals surface area (Å²) in [7, 11) is 0. The lowest BCUT2D eigenvalue weighted by molar-refractivity contribution is 0.116. The van der Waals surface area contributed by atoms with E-state index in [4.69, 9.17) is 0 Å². The van der Waals surface area contributed by atoms with Crippen LogP contribution < -0.4 is 10.6 Å². The van der Waals surface area contributed by atoms with Gasteiger partial charge in [0.1, 0.15) is 5.82 Å². The highest BCUT2D eigenvalue weighted by Gasteiger charge is 2.22. The van der Waals surface area contributed by atoms with Gasteiger partial charge in [0.15, 0.2) is 0 Å². The Morgan fingerprint density at radius 3 is 2.44 bits per heavy atom. The number of benzene rings is 1. The lowest BCUT2D eigenvalue weighted by Crippen LogP contribution is -2.42. The Hall–Kier alpha value is -1.95. The Kier molecular flexibility index (Phi) is 6.02. The number of nitrogens with one attached hydrogen (secondary N) is 2. The van der Waals surface area contributed by atoms with Crippen LogP contribution in [0.4, 0.5) is 5.82 Å². The van der Waals surface area contributed by atoms with Crippen molar-refractivity contribution < 1.29 is 5.11 Å². The molecule has 2 fully saturated rings. The van der Waals surface area contributed by atoms with E-state index in [9.17, 15) is 5.11 Å². The monoisotopic (exact) mass is 366 g/mol. The SMILES string of the molecule is O[C@H]1CCCC[C@@H]1Nc1ccc(-c2ccc(CN3CCNCC3)cc2)cn1. The van der Waals surface area contributed by atoms with Crippen LogP contribution in [0.25, 0.3) is 11.1 Å². The number of aliphatic hydroxyl groups is 1. The summed E-state index contributed by atoms with van der Waals surface area (Å²) in [5.74, 6) is 0.847. The molecule has 0 unspecified atom stereocenters. The predicted molar refractivity (Wildman–Crippen MR) is 110 cm³/mol. The summed E-state index contributed by atoms with van der Waals surface area (Å²) in [6.07, 6.45) is 5.85. The zero-order valence-electron chi connectivity index (χ0n) is 15.9. The number of nitrogens with zero attached hydrogens (tertiary/aromatic N) is 2. The number of aromatic nitrogens is 1. The standard InChI is InChI=1S/C22H30N4O/c27-21-4-2-1-3-20(21)25-22-10-9-19(15-24-22)18-7-5-17(6-8-18)16-26-13-11-23-12-14-26/h5-10,15,20-21,23,27H,1-4,11-14,16H2,(H,24,25)/t20-,21-/m0/s1. The molecule has 1 aliphatic heterocycles. The maximum absolute atomic E-state index is 10.1. The second-order valence-electron chi connectivity index (χ2n) is 7.76. The number of anilines is 1. The molecule has 0 radical (unpaired) electrons. The maximum Gasteiger partial charge on any atom is 0.126 e. The van der Waals surface area contributed by atoms with Gasteiger partial charge in [-0.2, -0.15) is 0 Å². The summed E-state index contributed by atoms with van der Waals surface area (Å²) in [4.78, 5) is 7.06. The summed E-state index contributed by atoms with van der Waals surface area (Å²) in [5, 5.41) is 16.9. The van der Waals surface area contributed by atoms with Crippen molar-refractivity contribution in [3.63, 3.8) is 0 Å². The summed E-state index contributed by atoms with van der Waals surface area (Å²) in [5.41, 5.74) is 3.67. The van der Waals surface area contributed by atoms with E-state index < -0.39 is 0 Å². The summed E-state index contributed by atoms with van der Waals surface area (Å²) in [6, 6.07) is 13.1. The van der Waals surface area contributed by atoms with E-state index in [-0.39, 0.29) is 12.1 Å². The largest absolute Gasteiger partial charge is 0.391 e. The summed E-state index contributed by atoms with van der Waals surface area (Å²) < 4.78 is 0. The average Bonchev–Trinajstić information content (AvgIpc) is 2.72. The molecule has 2 atom stereocenters. The lowest BCUT2D eigenvalue weighted by Gasteiger charge is -2.28.